The summed E-state index contributed by atoms with van der Waals surface area (Å²) in [5.41, 5.74) is 2.76. The number of likely N-dealkylation sites (tertiary alicyclic amines) is 1. The van der Waals surface area contributed by atoms with E-state index in [1.807, 2.05) is 18.2 Å². The van der Waals surface area contributed by atoms with Crippen LogP contribution in [0.3, 0.4) is 0 Å². The fourth-order valence-electron chi connectivity index (χ4n) is 3.78. The molecule has 1 aliphatic heterocycles. The summed E-state index contributed by atoms with van der Waals surface area (Å²) in [5.74, 6) is 0.0953. The van der Waals surface area contributed by atoms with Crippen LogP contribution in [-0.4, -0.2) is 32.1 Å². The third kappa shape index (κ3) is 2.50. The number of aromatic amines is 1. The largest absolute Gasteiger partial charge is 0.353 e. The van der Waals surface area contributed by atoms with Gasteiger partial charge in [-0.05, 0) is 31.0 Å². The van der Waals surface area contributed by atoms with Crippen LogP contribution in [0.1, 0.15) is 47.8 Å². The number of carbonyl (C=O) groups is 1. The molecule has 0 unspecified atom stereocenters. The predicted molar refractivity (Wildman–Crippen MR) is 93.8 cm³/mol. The van der Waals surface area contributed by atoms with Crippen molar-refractivity contribution in [3.63, 3.8) is 0 Å². The van der Waals surface area contributed by atoms with Crippen molar-refractivity contribution in [3.8, 4) is 0 Å². The molecule has 1 aliphatic rings. The van der Waals surface area contributed by atoms with Gasteiger partial charge in [-0.2, -0.15) is 5.10 Å². The van der Waals surface area contributed by atoms with Crippen LogP contribution in [0.2, 0.25) is 0 Å². The fourth-order valence-corrected chi connectivity index (χ4v) is 3.78. The average molecular weight is 322 g/mol. The number of nitrogens with zero attached hydrogens (tertiary/aromatic N) is 3. The Labute approximate surface area is 141 Å². The monoisotopic (exact) mass is 322 g/mol. The van der Waals surface area contributed by atoms with E-state index >= 15 is 0 Å². The quantitative estimate of drug-likeness (QED) is 0.783. The molecule has 0 spiro atoms. The Morgan fingerprint density at radius 3 is 2.96 bits per heavy atom. The molecule has 124 valence electrons. The number of carbonyl (C=O) groups excluding carboxylic acids is 1. The zero-order valence-electron chi connectivity index (χ0n) is 13.9. The molecule has 3 heterocycles. The minimum absolute atomic E-state index is 0.0953. The summed E-state index contributed by atoms with van der Waals surface area (Å²) in [7, 11) is 2.05. The van der Waals surface area contributed by atoms with Gasteiger partial charge in [0.1, 0.15) is 0 Å². The average Bonchev–Trinajstić information content (AvgIpc) is 3.17. The number of hydrogen-bond donors (Lipinski definition) is 1. The molecule has 24 heavy (non-hydrogen) atoms. The molecule has 1 amide bonds. The van der Waals surface area contributed by atoms with Crippen LogP contribution < -0.4 is 0 Å². The molecule has 3 aromatic rings. The van der Waals surface area contributed by atoms with Crippen molar-refractivity contribution in [2.75, 3.05) is 6.54 Å². The number of benzene rings is 1. The number of aromatic nitrogens is 3. The van der Waals surface area contributed by atoms with Gasteiger partial charge < -0.3 is 9.47 Å². The van der Waals surface area contributed by atoms with E-state index in [1.54, 1.807) is 6.20 Å². The van der Waals surface area contributed by atoms with Gasteiger partial charge in [-0.3, -0.25) is 9.89 Å². The number of aryl methyl sites for hydroxylation is 1. The highest BCUT2D eigenvalue weighted by Gasteiger charge is 2.29. The summed E-state index contributed by atoms with van der Waals surface area (Å²) < 4.78 is 2.13. The highest BCUT2D eigenvalue weighted by atomic mass is 16.2. The summed E-state index contributed by atoms with van der Waals surface area (Å²) in [5, 5.41) is 8.05. The molecule has 0 saturated carbocycles. The third-order valence-corrected chi connectivity index (χ3v) is 5.05. The summed E-state index contributed by atoms with van der Waals surface area (Å²) in [6.45, 7) is 0.805. The van der Waals surface area contributed by atoms with Crippen molar-refractivity contribution >= 4 is 16.8 Å². The maximum absolute atomic E-state index is 13.4. The van der Waals surface area contributed by atoms with Gasteiger partial charge in [0.05, 0.1) is 23.3 Å². The minimum Gasteiger partial charge on any atom is -0.353 e. The van der Waals surface area contributed by atoms with E-state index in [0.717, 1.165) is 36.7 Å². The maximum atomic E-state index is 13.4. The molecule has 0 bridgehead atoms. The summed E-state index contributed by atoms with van der Waals surface area (Å²) in [6.07, 6.45) is 8.24. The second-order valence-electron chi connectivity index (χ2n) is 6.55. The summed E-state index contributed by atoms with van der Waals surface area (Å²) in [4.78, 5) is 15.4. The van der Waals surface area contributed by atoms with E-state index in [9.17, 15) is 4.79 Å². The Hall–Kier alpha value is -2.56. The lowest BCUT2D eigenvalue weighted by molar-refractivity contribution is 0.0676. The number of H-pyrrole nitrogens is 1. The van der Waals surface area contributed by atoms with Gasteiger partial charge in [-0.1, -0.05) is 25.0 Å². The Kier molecular flexibility index (Phi) is 3.84. The van der Waals surface area contributed by atoms with Crippen LogP contribution in [0.15, 0.2) is 42.7 Å². The zero-order valence-corrected chi connectivity index (χ0v) is 13.9. The summed E-state index contributed by atoms with van der Waals surface area (Å²) >= 11 is 0. The van der Waals surface area contributed by atoms with Gasteiger partial charge >= 0.3 is 0 Å². The second kappa shape index (κ2) is 6.15. The van der Waals surface area contributed by atoms with Crippen molar-refractivity contribution in [1.29, 1.82) is 0 Å². The van der Waals surface area contributed by atoms with Crippen molar-refractivity contribution < 1.29 is 4.79 Å². The van der Waals surface area contributed by atoms with Gasteiger partial charge in [0.2, 0.25) is 0 Å². The normalized spacial score (nSPS) is 18.7. The SMILES string of the molecule is Cn1cccc1[C@H]1CCCCCN1C(=O)c1cccc2cn[nH]c12. The van der Waals surface area contributed by atoms with Crippen LogP contribution in [0, 0.1) is 0 Å². The number of nitrogens with one attached hydrogen (secondary N) is 1. The lowest BCUT2D eigenvalue weighted by Gasteiger charge is -2.31. The van der Waals surface area contributed by atoms with Crippen LogP contribution in [0.4, 0.5) is 0 Å². The van der Waals surface area contributed by atoms with E-state index in [1.165, 1.54) is 12.1 Å². The number of hydrogen-bond acceptors (Lipinski definition) is 2. The Balaban J connectivity index is 1.75. The number of para-hydroxylation sites is 1. The van der Waals surface area contributed by atoms with Gasteiger partial charge in [-0.15, -0.1) is 0 Å². The second-order valence-corrected chi connectivity index (χ2v) is 6.55. The molecule has 0 aliphatic carbocycles. The zero-order chi connectivity index (χ0) is 16.5. The number of fused-ring (bicyclic) bond motifs is 1. The molecule has 0 radical (unpaired) electrons. The standard InChI is InChI=1S/C19H22N4O/c1-22-11-6-10-16(22)17-9-3-2-4-12-23(17)19(24)15-8-5-7-14-13-20-21-18(14)15/h5-8,10-11,13,17H,2-4,9,12H2,1H3,(H,20,21)/t17-/m1/s1. The van der Waals surface area contributed by atoms with E-state index in [0.29, 0.717) is 5.56 Å². The van der Waals surface area contributed by atoms with Gasteiger partial charge in [0.25, 0.3) is 5.91 Å². The molecule has 1 fully saturated rings. The van der Waals surface area contributed by atoms with E-state index in [-0.39, 0.29) is 11.9 Å². The van der Waals surface area contributed by atoms with Crippen molar-refractivity contribution in [2.24, 2.45) is 7.05 Å². The maximum Gasteiger partial charge on any atom is 0.256 e. The van der Waals surface area contributed by atoms with Crippen LogP contribution >= 0.6 is 0 Å². The van der Waals surface area contributed by atoms with Crippen molar-refractivity contribution in [2.45, 2.75) is 31.7 Å². The fraction of sp³-hybridized carbons (Fsp3) is 0.368. The van der Waals surface area contributed by atoms with Gasteiger partial charge in [0, 0.05) is 30.9 Å². The molecule has 5 heteroatoms. The highest BCUT2D eigenvalue weighted by molar-refractivity contribution is 6.05. The molecular formula is C19H22N4O. The lowest BCUT2D eigenvalue weighted by atomic mass is 10.0. The van der Waals surface area contributed by atoms with Crippen molar-refractivity contribution in [3.05, 3.63) is 54.0 Å². The molecule has 5 nitrogen and oxygen atoms in total. The highest BCUT2D eigenvalue weighted by Crippen LogP contribution is 2.32. The Morgan fingerprint density at radius 2 is 2.12 bits per heavy atom. The minimum atomic E-state index is 0.0953. The first-order chi connectivity index (χ1) is 11.8. The third-order valence-electron chi connectivity index (χ3n) is 5.05. The van der Waals surface area contributed by atoms with Crippen LogP contribution in [0.25, 0.3) is 10.9 Å². The molecular weight excluding hydrogens is 300 g/mol. The van der Waals surface area contributed by atoms with E-state index in [2.05, 4.69) is 45.0 Å². The van der Waals surface area contributed by atoms with Gasteiger partial charge in [-0.25, -0.2) is 0 Å². The first-order valence-corrected chi connectivity index (χ1v) is 8.60. The molecule has 4 rings (SSSR count). The van der Waals surface area contributed by atoms with Crippen LogP contribution in [-0.2, 0) is 7.05 Å². The summed E-state index contributed by atoms with van der Waals surface area (Å²) in [6, 6.07) is 10.1. The van der Waals surface area contributed by atoms with E-state index in [4.69, 9.17) is 0 Å². The molecule has 1 aromatic carbocycles. The molecule has 1 saturated heterocycles. The first-order valence-electron chi connectivity index (χ1n) is 8.60. The van der Waals surface area contributed by atoms with Crippen molar-refractivity contribution in [1.82, 2.24) is 19.7 Å². The smallest absolute Gasteiger partial charge is 0.256 e. The topological polar surface area (TPSA) is 53.9 Å². The Bertz CT molecular complexity index is 863. The van der Waals surface area contributed by atoms with Crippen LogP contribution in [0.5, 0.6) is 0 Å². The molecule has 1 atom stereocenters. The number of rotatable bonds is 2. The lowest BCUT2D eigenvalue weighted by Crippen LogP contribution is -2.35. The van der Waals surface area contributed by atoms with E-state index < -0.39 is 0 Å². The van der Waals surface area contributed by atoms with Gasteiger partial charge in [0.15, 0.2) is 0 Å². The Morgan fingerprint density at radius 1 is 1.21 bits per heavy atom. The predicted octanol–water partition coefficient (Wildman–Crippen LogP) is 3.66. The molecule has 2 aromatic heterocycles. The number of amides is 1. The molecule has 1 N–H and O–H groups in total. The first kappa shape index (κ1) is 15.0.